The van der Waals surface area contributed by atoms with Crippen molar-refractivity contribution in [3.63, 3.8) is 0 Å². The van der Waals surface area contributed by atoms with Crippen molar-refractivity contribution in [2.24, 2.45) is 5.84 Å². The van der Waals surface area contributed by atoms with Crippen molar-refractivity contribution >= 4 is 28.8 Å². The molecule has 2 aromatic carbocycles. The Hall–Kier alpha value is -3.03. The Bertz CT molecular complexity index is 1100. The average Bonchev–Trinajstić information content (AvgIpc) is 3.10. The maximum atomic E-state index is 13.2. The second kappa shape index (κ2) is 6.94. The summed E-state index contributed by atoms with van der Waals surface area (Å²) in [4.78, 5) is 0. The predicted octanol–water partition coefficient (Wildman–Crippen LogP) is 4.08. The number of hydrazine groups is 1. The first-order chi connectivity index (χ1) is 13.0. The number of hydrogen-bond acceptors (Lipinski definition) is 5. The van der Waals surface area contributed by atoms with Gasteiger partial charge in [0.25, 0.3) is 0 Å². The predicted molar refractivity (Wildman–Crippen MR) is 102 cm³/mol. The van der Waals surface area contributed by atoms with Crippen LogP contribution >= 0.6 is 11.6 Å². The fraction of sp³-hybridized carbons (Fsp3) is 0.105. The number of hydrogen-bond donors (Lipinski definition) is 1. The zero-order valence-corrected chi connectivity index (χ0v) is 15.2. The number of nitrogens with two attached hydrogens (primary N) is 1. The molecule has 0 saturated heterocycles. The summed E-state index contributed by atoms with van der Waals surface area (Å²) in [7, 11) is 0. The van der Waals surface area contributed by atoms with E-state index < -0.39 is 0 Å². The quantitative estimate of drug-likeness (QED) is 0.425. The molecule has 1 atom stereocenters. The highest BCUT2D eigenvalue weighted by molar-refractivity contribution is 6.30. The number of benzene rings is 2. The highest BCUT2D eigenvalue weighted by Crippen LogP contribution is 2.26. The van der Waals surface area contributed by atoms with Crippen LogP contribution in [0.3, 0.4) is 0 Å². The van der Waals surface area contributed by atoms with Gasteiger partial charge in [-0.15, -0.1) is 15.3 Å². The van der Waals surface area contributed by atoms with Crippen LogP contribution in [0.4, 0.5) is 15.9 Å². The van der Waals surface area contributed by atoms with Gasteiger partial charge in [0, 0.05) is 10.9 Å². The van der Waals surface area contributed by atoms with Crippen LogP contribution in [0.5, 0.6) is 0 Å². The molecule has 0 aliphatic heterocycles. The smallest absolute Gasteiger partial charge is 0.178 e. The molecule has 0 aliphatic carbocycles. The third-order valence-electron chi connectivity index (χ3n) is 4.36. The normalized spacial score (nSPS) is 12.3. The van der Waals surface area contributed by atoms with Crippen LogP contribution in [-0.2, 0) is 0 Å². The topological polar surface area (TPSA) is 72.3 Å². The molecule has 0 fully saturated rings. The third-order valence-corrected chi connectivity index (χ3v) is 4.60. The van der Waals surface area contributed by atoms with Crippen LogP contribution in [0.2, 0.25) is 5.02 Å². The van der Waals surface area contributed by atoms with Gasteiger partial charge in [-0.05, 0) is 48.0 Å². The summed E-state index contributed by atoms with van der Waals surface area (Å²) in [5, 5.41) is 15.0. The molecule has 0 spiro atoms. The van der Waals surface area contributed by atoms with Gasteiger partial charge in [-0.3, -0.25) is 5.01 Å². The van der Waals surface area contributed by atoms with E-state index in [1.807, 2.05) is 19.1 Å². The summed E-state index contributed by atoms with van der Waals surface area (Å²) in [5.41, 5.74) is 2.22. The molecule has 0 bridgehead atoms. The van der Waals surface area contributed by atoms with E-state index in [2.05, 4.69) is 15.3 Å². The van der Waals surface area contributed by atoms with Gasteiger partial charge in [0.05, 0.1) is 5.69 Å². The minimum Gasteiger partial charge on any atom is -0.261 e. The molecule has 0 saturated carbocycles. The molecule has 0 amide bonds. The first-order valence-electron chi connectivity index (χ1n) is 8.31. The Morgan fingerprint density at radius 3 is 2.59 bits per heavy atom. The molecule has 0 radical (unpaired) electrons. The fourth-order valence-corrected chi connectivity index (χ4v) is 3.04. The SMILES string of the molecule is CC(c1ccc(F)cc1)c1nnc2ccc(N(N)c3cccc(Cl)c3)nn12. The molecule has 136 valence electrons. The lowest BCUT2D eigenvalue weighted by Crippen LogP contribution is -2.26. The van der Waals surface area contributed by atoms with Gasteiger partial charge in [-0.1, -0.05) is 36.7 Å². The van der Waals surface area contributed by atoms with Crippen molar-refractivity contribution in [2.75, 3.05) is 5.01 Å². The van der Waals surface area contributed by atoms with E-state index in [4.69, 9.17) is 17.4 Å². The van der Waals surface area contributed by atoms with E-state index in [1.165, 1.54) is 17.1 Å². The Kier molecular flexibility index (Phi) is 4.47. The molecule has 27 heavy (non-hydrogen) atoms. The van der Waals surface area contributed by atoms with Crippen LogP contribution in [0.25, 0.3) is 5.65 Å². The zero-order valence-electron chi connectivity index (χ0n) is 14.4. The Morgan fingerprint density at radius 1 is 1.07 bits per heavy atom. The van der Waals surface area contributed by atoms with Crippen LogP contribution in [0.1, 0.15) is 24.2 Å². The van der Waals surface area contributed by atoms with Crippen LogP contribution in [0, 0.1) is 5.82 Å². The summed E-state index contributed by atoms with van der Waals surface area (Å²) < 4.78 is 14.8. The van der Waals surface area contributed by atoms with E-state index in [0.717, 1.165) is 5.56 Å². The number of rotatable bonds is 4. The van der Waals surface area contributed by atoms with Crippen molar-refractivity contribution in [2.45, 2.75) is 12.8 Å². The average molecular weight is 383 g/mol. The Morgan fingerprint density at radius 2 is 1.85 bits per heavy atom. The summed E-state index contributed by atoms with van der Waals surface area (Å²) in [6.45, 7) is 1.97. The lowest BCUT2D eigenvalue weighted by Gasteiger charge is -2.18. The van der Waals surface area contributed by atoms with E-state index in [9.17, 15) is 4.39 Å². The van der Waals surface area contributed by atoms with E-state index >= 15 is 0 Å². The van der Waals surface area contributed by atoms with Crippen molar-refractivity contribution in [3.8, 4) is 0 Å². The standard InChI is InChI=1S/C19H16ClFN6/c1-12(13-5-7-15(21)8-6-13)19-24-23-17-9-10-18(25-27(17)19)26(22)16-4-2-3-14(20)11-16/h2-12H,22H2,1H3. The van der Waals surface area contributed by atoms with Crippen LogP contribution in [0.15, 0.2) is 60.7 Å². The maximum absolute atomic E-state index is 13.2. The van der Waals surface area contributed by atoms with E-state index in [0.29, 0.717) is 28.0 Å². The highest BCUT2D eigenvalue weighted by Gasteiger charge is 2.18. The second-order valence-corrected chi connectivity index (χ2v) is 6.58. The minimum absolute atomic E-state index is 0.124. The molecule has 8 heteroatoms. The Labute approximate surface area is 160 Å². The summed E-state index contributed by atoms with van der Waals surface area (Å²) in [6.07, 6.45) is 0. The molecule has 2 aromatic heterocycles. The van der Waals surface area contributed by atoms with E-state index in [1.54, 1.807) is 40.9 Å². The molecule has 4 rings (SSSR count). The molecule has 6 nitrogen and oxygen atoms in total. The van der Waals surface area contributed by atoms with Gasteiger partial charge in [-0.2, -0.15) is 4.52 Å². The molecule has 4 aromatic rings. The summed E-state index contributed by atoms with van der Waals surface area (Å²) in [6, 6.07) is 17.0. The van der Waals surface area contributed by atoms with Gasteiger partial charge in [0.1, 0.15) is 5.82 Å². The highest BCUT2D eigenvalue weighted by atomic mass is 35.5. The Balaban J connectivity index is 1.74. The van der Waals surface area contributed by atoms with Crippen molar-refractivity contribution in [1.29, 1.82) is 0 Å². The van der Waals surface area contributed by atoms with Gasteiger partial charge in [0.2, 0.25) is 0 Å². The number of fused-ring (bicyclic) bond motifs is 1. The molecular weight excluding hydrogens is 367 g/mol. The van der Waals surface area contributed by atoms with Crippen molar-refractivity contribution in [1.82, 2.24) is 19.8 Å². The lowest BCUT2D eigenvalue weighted by atomic mass is 10.0. The summed E-state index contributed by atoms with van der Waals surface area (Å²) in [5.74, 6) is 6.96. The molecule has 0 aliphatic rings. The van der Waals surface area contributed by atoms with Crippen LogP contribution in [-0.4, -0.2) is 19.8 Å². The fourth-order valence-electron chi connectivity index (χ4n) is 2.85. The number of aromatic nitrogens is 4. The van der Waals surface area contributed by atoms with E-state index in [-0.39, 0.29) is 11.7 Å². The number of halogens is 2. The van der Waals surface area contributed by atoms with Crippen LogP contribution < -0.4 is 10.9 Å². The largest absolute Gasteiger partial charge is 0.261 e. The van der Waals surface area contributed by atoms with Crippen molar-refractivity contribution in [3.05, 3.63) is 82.9 Å². The minimum atomic E-state index is -0.280. The monoisotopic (exact) mass is 382 g/mol. The second-order valence-electron chi connectivity index (χ2n) is 6.14. The van der Waals surface area contributed by atoms with Gasteiger partial charge in [0.15, 0.2) is 17.3 Å². The number of anilines is 2. The van der Waals surface area contributed by atoms with Gasteiger partial charge in [-0.25, -0.2) is 10.2 Å². The van der Waals surface area contributed by atoms with Crippen molar-refractivity contribution < 1.29 is 4.39 Å². The lowest BCUT2D eigenvalue weighted by molar-refractivity contribution is 0.626. The molecular formula is C19H16ClFN6. The maximum Gasteiger partial charge on any atom is 0.178 e. The molecule has 2 N–H and O–H groups in total. The third kappa shape index (κ3) is 3.34. The summed E-state index contributed by atoms with van der Waals surface area (Å²) >= 11 is 6.05. The number of nitrogens with zero attached hydrogens (tertiary/aromatic N) is 5. The first kappa shape index (κ1) is 17.4. The zero-order chi connectivity index (χ0) is 19.0. The molecule has 2 heterocycles. The van der Waals surface area contributed by atoms with Gasteiger partial charge < -0.3 is 0 Å². The van der Waals surface area contributed by atoms with Gasteiger partial charge >= 0.3 is 0 Å². The first-order valence-corrected chi connectivity index (χ1v) is 8.69. The molecule has 1 unspecified atom stereocenters.